The largest absolute Gasteiger partial charge is 0.492 e. The summed E-state index contributed by atoms with van der Waals surface area (Å²) in [4.78, 5) is 0. The number of nitrogens with zero attached hydrogens (tertiary/aromatic N) is 2. The van der Waals surface area contributed by atoms with Gasteiger partial charge in [-0.05, 0) is 12.1 Å². The van der Waals surface area contributed by atoms with E-state index in [2.05, 4.69) is 5.10 Å². The molecule has 0 saturated carbocycles. The van der Waals surface area contributed by atoms with E-state index in [1.807, 2.05) is 0 Å². The molecule has 0 spiro atoms. The summed E-state index contributed by atoms with van der Waals surface area (Å²) in [6.45, 7) is -1.17. The normalized spacial score (nSPS) is 12.0. The summed E-state index contributed by atoms with van der Waals surface area (Å²) in [5, 5.41) is 4.25. The van der Waals surface area contributed by atoms with Gasteiger partial charge in [-0.2, -0.15) is 18.3 Å². The highest BCUT2D eigenvalue weighted by atomic mass is 19.4. The zero-order valence-electron chi connectivity index (χ0n) is 8.95. The Balaban J connectivity index is 2.61. The second-order valence-corrected chi connectivity index (χ2v) is 3.54. The van der Waals surface area contributed by atoms with Gasteiger partial charge in [0, 0.05) is 5.39 Å². The van der Waals surface area contributed by atoms with E-state index >= 15 is 0 Å². The number of nitrogens with two attached hydrogens (primary N) is 1. The van der Waals surface area contributed by atoms with Crippen LogP contribution in [0.2, 0.25) is 0 Å². The third-order valence-electron chi connectivity index (χ3n) is 2.32. The van der Waals surface area contributed by atoms with Crippen LogP contribution in [0.3, 0.4) is 0 Å². The maximum Gasteiger partial charge on any atom is 0.408 e. The summed E-state index contributed by atoms with van der Waals surface area (Å²) in [5.41, 5.74) is 6.18. The van der Waals surface area contributed by atoms with Crippen molar-refractivity contribution in [2.24, 2.45) is 0 Å². The van der Waals surface area contributed by atoms with Gasteiger partial charge >= 0.3 is 6.18 Å². The number of anilines is 1. The number of hydrogen-bond donors (Lipinski definition) is 1. The van der Waals surface area contributed by atoms with Crippen LogP contribution in [0.25, 0.3) is 10.9 Å². The Morgan fingerprint density at radius 3 is 2.71 bits per heavy atom. The van der Waals surface area contributed by atoms with Crippen molar-refractivity contribution in [3.63, 3.8) is 0 Å². The van der Waals surface area contributed by atoms with Crippen LogP contribution in [-0.2, 0) is 6.54 Å². The fraction of sp³-hybridized carbons (Fsp3) is 0.300. The maximum atomic E-state index is 12.4. The maximum absolute atomic E-state index is 12.4. The quantitative estimate of drug-likeness (QED) is 0.825. The van der Waals surface area contributed by atoms with E-state index in [0.29, 0.717) is 5.39 Å². The lowest BCUT2D eigenvalue weighted by molar-refractivity contribution is -0.141. The predicted octanol–water partition coefficient (Wildman–Crippen LogP) is 2.19. The van der Waals surface area contributed by atoms with Crippen molar-refractivity contribution >= 4 is 16.6 Å². The van der Waals surface area contributed by atoms with E-state index in [1.54, 1.807) is 12.1 Å². The third kappa shape index (κ3) is 2.13. The first kappa shape index (κ1) is 11.6. The molecule has 4 nitrogen and oxygen atoms in total. The molecule has 7 heteroatoms. The second kappa shape index (κ2) is 3.83. The van der Waals surface area contributed by atoms with Gasteiger partial charge in [-0.25, -0.2) is 0 Å². The number of ether oxygens (including phenoxy) is 1. The van der Waals surface area contributed by atoms with Crippen LogP contribution in [0.1, 0.15) is 0 Å². The van der Waals surface area contributed by atoms with Gasteiger partial charge in [0.2, 0.25) is 0 Å². The molecule has 0 bridgehead atoms. The molecule has 1 heterocycles. The summed E-state index contributed by atoms with van der Waals surface area (Å²) in [5.74, 6) is 0.212. The molecule has 0 amide bonds. The van der Waals surface area contributed by atoms with Crippen LogP contribution >= 0.6 is 0 Å². The minimum absolute atomic E-state index is 0.212. The standard InChI is InChI=1S/C10H10F3N3O/c1-17-9-7(14)3-2-6-4-15-16(8(6)9)5-10(11,12)13/h2-4H,5,14H2,1H3. The van der Waals surface area contributed by atoms with Gasteiger partial charge < -0.3 is 10.5 Å². The fourth-order valence-corrected chi connectivity index (χ4v) is 1.67. The van der Waals surface area contributed by atoms with Crippen LogP contribution in [-0.4, -0.2) is 23.1 Å². The second-order valence-electron chi connectivity index (χ2n) is 3.54. The molecule has 1 aromatic heterocycles. The number of halogens is 3. The molecule has 2 N–H and O–H groups in total. The number of hydrogen-bond acceptors (Lipinski definition) is 3. The molecular formula is C10H10F3N3O. The molecule has 0 fully saturated rings. The van der Waals surface area contributed by atoms with Gasteiger partial charge in [0.1, 0.15) is 12.1 Å². The van der Waals surface area contributed by atoms with E-state index in [-0.39, 0.29) is 17.0 Å². The van der Waals surface area contributed by atoms with Crippen molar-refractivity contribution in [1.29, 1.82) is 0 Å². The van der Waals surface area contributed by atoms with E-state index in [4.69, 9.17) is 10.5 Å². The molecule has 0 saturated heterocycles. The monoisotopic (exact) mass is 245 g/mol. The number of rotatable bonds is 2. The minimum atomic E-state index is -4.34. The Kier molecular flexibility index (Phi) is 2.60. The van der Waals surface area contributed by atoms with Crippen LogP contribution < -0.4 is 10.5 Å². The predicted molar refractivity (Wildman–Crippen MR) is 56.8 cm³/mol. The SMILES string of the molecule is COc1c(N)ccc2cnn(CC(F)(F)F)c12. The highest BCUT2D eigenvalue weighted by Gasteiger charge is 2.30. The molecule has 0 atom stereocenters. The number of benzene rings is 1. The lowest BCUT2D eigenvalue weighted by Gasteiger charge is -2.11. The third-order valence-corrected chi connectivity index (χ3v) is 2.32. The Morgan fingerprint density at radius 2 is 2.12 bits per heavy atom. The van der Waals surface area contributed by atoms with Crippen molar-refractivity contribution in [3.8, 4) is 5.75 Å². The zero-order valence-corrected chi connectivity index (χ0v) is 8.95. The molecule has 0 radical (unpaired) electrons. The first-order valence-corrected chi connectivity index (χ1v) is 4.77. The molecule has 2 rings (SSSR count). The molecule has 0 aliphatic heterocycles. The molecule has 1 aromatic carbocycles. The van der Waals surface area contributed by atoms with E-state index in [0.717, 1.165) is 4.68 Å². The average molecular weight is 245 g/mol. The topological polar surface area (TPSA) is 53.1 Å². The van der Waals surface area contributed by atoms with Crippen molar-refractivity contribution < 1.29 is 17.9 Å². The summed E-state index contributed by atoms with van der Waals surface area (Å²) in [6, 6.07) is 3.17. The van der Waals surface area contributed by atoms with Gasteiger partial charge in [-0.3, -0.25) is 4.68 Å². The van der Waals surface area contributed by atoms with Crippen molar-refractivity contribution in [2.45, 2.75) is 12.7 Å². The van der Waals surface area contributed by atoms with Crippen LogP contribution in [0, 0.1) is 0 Å². The number of alkyl halides is 3. The van der Waals surface area contributed by atoms with Gasteiger partial charge in [0.05, 0.1) is 19.0 Å². The number of fused-ring (bicyclic) bond motifs is 1. The van der Waals surface area contributed by atoms with E-state index in [9.17, 15) is 13.2 Å². The zero-order chi connectivity index (χ0) is 12.6. The number of methoxy groups -OCH3 is 1. The first-order chi connectivity index (χ1) is 7.92. The van der Waals surface area contributed by atoms with Crippen molar-refractivity contribution in [2.75, 3.05) is 12.8 Å². The fourth-order valence-electron chi connectivity index (χ4n) is 1.67. The Bertz CT molecular complexity index is 547. The smallest absolute Gasteiger partial charge is 0.408 e. The molecule has 0 aliphatic rings. The molecule has 17 heavy (non-hydrogen) atoms. The molecule has 2 aromatic rings. The summed E-state index contributed by atoms with van der Waals surface area (Å²) in [7, 11) is 1.36. The molecular weight excluding hydrogens is 235 g/mol. The van der Waals surface area contributed by atoms with Crippen LogP contribution in [0.15, 0.2) is 18.3 Å². The van der Waals surface area contributed by atoms with Gasteiger partial charge in [0.25, 0.3) is 0 Å². The van der Waals surface area contributed by atoms with Gasteiger partial charge in [-0.1, -0.05) is 0 Å². The summed E-state index contributed by atoms with van der Waals surface area (Å²) < 4.78 is 42.9. The first-order valence-electron chi connectivity index (χ1n) is 4.77. The number of aromatic nitrogens is 2. The van der Waals surface area contributed by atoms with Gasteiger partial charge in [-0.15, -0.1) is 0 Å². The lowest BCUT2D eigenvalue weighted by atomic mass is 10.2. The summed E-state index contributed by atoms with van der Waals surface area (Å²) >= 11 is 0. The lowest BCUT2D eigenvalue weighted by Crippen LogP contribution is -2.18. The summed E-state index contributed by atoms with van der Waals surface area (Å²) in [6.07, 6.45) is -2.99. The minimum Gasteiger partial charge on any atom is -0.492 e. The highest BCUT2D eigenvalue weighted by Crippen LogP contribution is 2.32. The van der Waals surface area contributed by atoms with Crippen LogP contribution in [0.4, 0.5) is 18.9 Å². The highest BCUT2D eigenvalue weighted by molar-refractivity contribution is 5.89. The Labute approximate surface area is 94.8 Å². The van der Waals surface area contributed by atoms with Gasteiger partial charge in [0.15, 0.2) is 5.75 Å². The molecule has 0 aliphatic carbocycles. The van der Waals surface area contributed by atoms with Crippen molar-refractivity contribution in [3.05, 3.63) is 18.3 Å². The Morgan fingerprint density at radius 1 is 1.41 bits per heavy atom. The number of nitrogen functional groups attached to an aromatic ring is 1. The van der Waals surface area contributed by atoms with E-state index in [1.165, 1.54) is 13.3 Å². The average Bonchev–Trinajstić information content (AvgIpc) is 2.59. The Hall–Kier alpha value is -1.92. The van der Waals surface area contributed by atoms with E-state index < -0.39 is 12.7 Å². The van der Waals surface area contributed by atoms with Crippen molar-refractivity contribution in [1.82, 2.24) is 9.78 Å². The molecule has 92 valence electrons. The van der Waals surface area contributed by atoms with Crippen LogP contribution in [0.5, 0.6) is 5.75 Å². The molecule has 0 unspecified atom stereocenters.